The summed E-state index contributed by atoms with van der Waals surface area (Å²) in [6.07, 6.45) is 2.99. The third kappa shape index (κ3) is 3.87. The monoisotopic (exact) mass is 618 g/mol. The quantitative estimate of drug-likeness (QED) is 0.257. The van der Waals surface area contributed by atoms with Crippen LogP contribution in [0.3, 0.4) is 0 Å². The summed E-state index contributed by atoms with van der Waals surface area (Å²) < 4.78 is 6.01. The van der Waals surface area contributed by atoms with Gasteiger partial charge in [-0.2, -0.15) is 0 Å². The molecule has 5 aliphatic carbocycles. The van der Waals surface area contributed by atoms with Gasteiger partial charge < -0.3 is 35.4 Å². The maximum atomic E-state index is 13.0. The maximum absolute atomic E-state index is 13.0. The largest absolute Gasteiger partial charge is 0.481 e. The van der Waals surface area contributed by atoms with Crippen molar-refractivity contribution < 1.29 is 40.2 Å². The molecule has 0 spiro atoms. The zero-order chi connectivity index (χ0) is 32.4. The first-order valence-electron chi connectivity index (χ1n) is 17.3. The second-order valence-corrected chi connectivity index (χ2v) is 17.5. The predicted molar refractivity (Wildman–Crippen MR) is 165 cm³/mol. The van der Waals surface area contributed by atoms with Gasteiger partial charge in [0.15, 0.2) is 0 Å². The Balaban J connectivity index is 1.37. The van der Waals surface area contributed by atoms with Crippen LogP contribution in [0.2, 0.25) is 0 Å². The molecule has 6 N–H and O–H groups in total. The van der Waals surface area contributed by atoms with E-state index in [9.17, 15) is 35.4 Å². The number of aliphatic hydroxyl groups excluding tert-OH is 4. The number of aliphatic carboxylic acids is 1. The first-order chi connectivity index (χ1) is 20.4. The Morgan fingerprint density at radius 3 is 2.20 bits per heavy atom. The number of carboxylic acid groups (broad SMARTS) is 1. The highest BCUT2D eigenvalue weighted by molar-refractivity contribution is 5.76. The molecule has 1 heterocycles. The van der Waals surface area contributed by atoms with Crippen LogP contribution < -0.4 is 0 Å². The van der Waals surface area contributed by atoms with Crippen molar-refractivity contribution >= 4 is 5.97 Å². The van der Waals surface area contributed by atoms with Crippen LogP contribution in [0, 0.1) is 56.7 Å². The number of hydrogen-bond acceptors (Lipinski definition) is 7. The molecule has 8 nitrogen and oxygen atoms in total. The molecule has 0 radical (unpaired) electrons. The molecule has 0 aromatic heterocycles. The van der Waals surface area contributed by atoms with E-state index in [0.29, 0.717) is 24.2 Å². The summed E-state index contributed by atoms with van der Waals surface area (Å²) in [4.78, 5) is 13.0. The minimum absolute atomic E-state index is 0.0257. The lowest BCUT2D eigenvalue weighted by Gasteiger charge is -2.73. The number of ether oxygens (including phenoxy) is 1. The van der Waals surface area contributed by atoms with Crippen LogP contribution >= 0.6 is 0 Å². The summed E-state index contributed by atoms with van der Waals surface area (Å²) in [7, 11) is 0. The normalized spacial score (nSPS) is 56.8. The molecule has 5 fully saturated rings. The Kier molecular flexibility index (Phi) is 7.65. The second kappa shape index (κ2) is 10.2. The average Bonchev–Trinajstić information content (AvgIpc) is 2.96. The standard InChI is InChI=1S/C36H58O8/c1-19-10-13-35(30(41)42)16-15-33(6)21(25(35)20(19)2)8-9-24-32(5)14-17-36(43,31(3,4)23(32)11-12-34(24,33)7)29-28(40)27(39)26(38)22(18-37)44-29/h8,19-20,22-29,37-40,43H,9-18H2,1-7H3,(H,41,42)/t19-,20+,22-,23?,24-,25+,26-,27+,28-,29-,32+,33-,34-,35+,36-/m1/s1. The highest BCUT2D eigenvalue weighted by atomic mass is 16.6. The Hall–Kier alpha value is -1.03. The summed E-state index contributed by atoms with van der Waals surface area (Å²) >= 11 is 0. The molecule has 1 unspecified atom stereocenters. The van der Waals surface area contributed by atoms with Gasteiger partial charge >= 0.3 is 5.97 Å². The van der Waals surface area contributed by atoms with Gasteiger partial charge in [0.2, 0.25) is 0 Å². The molecule has 4 saturated carbocycles. The van der Waals surface area contributed by atoms with Gasteiger partial charge in [0.1, 0.15) is 30.5 Å². The summed E-state index contributed by atoms with van der Waals surface area (Å²) in [5.41, 5.74) is -1.68. The Morgan fingerprint density at radius 2 is 1.57 bits per heavy atom. The lowest BCUT2D eigenvalue weighted by atomic mass is 9.32. The summed E-state index contributed by atoms with van der Waals surface area (Å²) in [6, 6.07) is 0. The molecular formula is C36H58O8. The zero-order valence-electron chi connectivity index (χ0n) is 27.9. The summed E-state index contributed by atoms with van der Waals surface area (Å²) in [5, 5.41) is 65.2. The van der Waals surface area contributed by atoms with Crippen LogP contribution in [0.4, 0.5) is 0 Å². The van der Waals surface area contributed by atoms with Crippen LogP contribution in [0.15, 0.2) is 11.6 Å². The number of rotatable bonds is 3. The molecule has 8 heteroatoms. The lowest BCUT2D eigenvalue weighted by Crippen LogP contribution is -2.73. The number of aliphatic hydroxyl groups is 5. The van der Waals surface area contributed by atoms with E-state index in [-0.39, 0.29) is 28.1 Å². The average molecular weight is 619 g/mol. The van der Waals surface area contributed by atoms with Crippen molar-refractivity contribution in [2.45, 2.75) is 142 Å². The SMILES string of the molecule is C[C@H]1[C@H](C)CC[C@]2(C(=O)O)CC[C@]3(C)C(=CC[C@@H]4[C@@]5(C)CC[C@@](O)([C@@H]6O[C@H](CO)[C@@H](O)[C@H](O)[C@H]6O)C(C)(C)C5CC[C@]43C)[C@H]12. The van der Waals surface area contributed by atoms with Gasteiger partial charge in [0, 0.05) is 0 Å². The van der Waals surface area contributed by atoms with Crippen molar-refractivity contribution in [1.82, 2.24) is 0 Å². The van der Waals surface area contributed by atoms with Crippen molar-refractivity contribution in [2.75, 3.05) is 6.61 Å². The predicted octanol–water partition coefficient (Wildman–Crippen LogP) is 4.30. The molecule has 0 aromatic rings. The third-order valence-electron chi connectivity index (χ3n) is 16.1. The highest BCUT2D eigenvalue weighted by Crippen LogP contribution is 2.76. The Morgan fingerprint density at radius 1 is 0.886 bits per heavy atom. The van der Waals surface area contributed by atoms with Crippen LogP contribution in [0.25, 0.3) is 0 Å². The van der Waals surface area contributed by atoms with Crippen LogP contribution in [-0.2, 0) is 9.53 Å². The van der Waals surface area contributed by atoms with E-state index in [1.807, 2.05) is 0 Å². The van der Waals surface area contributed by atoms with E-state index in [0.717, 1.165) is 51.4 Å². The van der Waals surface area contributed by atoms with E-state index in [2.05, 4.69) is 54.5 Å². The van der Waals surface area contributed by atoms with Crippen LogP contribution in [-0.4, -0.2) is 79.3 Å². The fourth-order valence-corrected chi connectivity index (χ4v) is 12.8. The molecule has 6 aliphatic rings. The van der Waals surface area contributed by atoms with Crippen molar-refractivity contribution in [3.05, 3.63) is 11.6 Å². The van der Waals surface area contributed by atoms with Crippen molar-refractivity contribution in [3.63, 3.8) is 0 Å². The van der Waals surface area contributed by atoms with Gasteiger partial charge in [-0.25, -0.2) is 0 Å². The maximum Gasteiger partial charge on any atom is 0.310 e. The molecule has 44 heavy (non-hydrogen) atoms. The topological polar surface area (TPSA) is 148 Å². The van der Waals surface area contributed by atoms with Gasteiger partial charge in [-0.05, 0) is 109 Å². The van der Waals surface area contributed by atoms with E-state index in [1.54, 1.807) is 0 Å². The molecule has 1 aliphatic heterocycles. The van der Waals surface area contributed by atoms with Crippen LogP contribution in [0.1, 0.15) is 106 Å². The van der Waals surface area contributed by atoms with Crippen molar-refractivity contribution in [3.8, 4) is 0 Å². The van der Waals surface area contributed by atoms with Gasteiger partial charge in [-0.3, -0.25) is 4.79 Å². The number of allylic oxidation sites excluding steroid dienone is 2. The van der Waals surface area contributed by atoms with Crippen molar-refractivity contribution in [2.24, 2.45) is 56.7 Å². The Bertz CT molecular complexity index is 1200. The van der Waals surface area contributed by atoms with E-state index >= 15 is 0 Å². The number of carbonyl (C=O) groups is 1. The molecule has 6 rings (SSSR count). The zero-order valence-corrected chi connectivity index (χ0v) is 27.9. The molecule has 0 bridgehead atoms. The minimum Gasteiger partial charge on any atom is -0.481 e. The highest BCUT2D eigenvalue weighted by Gasteiger charge is 2.72. The second-order valence-electron chi connectivity index (χ2n) is 17.5. The molecule has 0 amide bonds. The smallest absolute Gasteiger partial charge is 0.310 e. The fraction of sp³-hybridized carbons (Fsp3) is 0.917. The first-order valence-corrected chi connectivity index (χ1v) is 17.3. The van der Waals surface area contributed by atoms with Crippen molar-refractivity contribution in [1.29, 1.82) is 0 Å². The van der Waals surface area contributed by atoms with Crippen LogP contribution in [0.5, 0.6) is 0 Å². The summed E-state index contributed by atoms with van der Waals surface area (Å²) in [5.74, 6) is 0.704. The minimum atomic E-state index is -1.52. The molecule has 1 saturated heterocycles. The van der Waals surface area contributed by atoms with Gasteiger partial charge in [-0.15, -0.1) is 0 Å². The fourth-order valence-electron chi connectivity index (χ4n) is 12.8. The summed E-state index contributed by atoms with van der Waals surface area (Å²) in [6.45, 7) is 15.5. The first kappa shape index (κ1) is 32.9. The van der Waals surface area contributed by atoms with E-state index < -0.39 is 59.5 Å². The number of carboxylic acids is 1. The van der Waals surface area contributed by atoms with Gasteiger partial charge in [-0.1, -0.05) is 60.1 Å². The number of fused-ring (bicyclic) bond motifs is 7. The van der Waals surface area contributed by atoms with E-state index in [1.165, 1.54) is 5.57 Å². The van der Waals surface area contributed by atoms with Gasteiger partial charge in [0.05, 0.1) is 17.6 Å². The molecule has 15 atom stereocenters. The lowest BCUT2D eigenvalue weighted by molar-refractivity contribution is -0.319. The molecular weight excluding hydrogens is 560 g/mol. The molecule has 250 valence electrons. The molecule has 0 aromatic carbocycles. The third-order valence-corrected chi connectivity index (χ3v) is 16.1. The Labute approximate surface area is 263 Å². The number of hydrogen-bond donors (Lipinski definition) is 6. The van der Waals surface area contributed by atoms with E-state index in [4.69, 9.17) is 4.74 Å². The van der Waals surface area contributed by atoms with Gasteiger partial charge in [0.25, 0.3) is 0 Å².